The van der Waals surface area contributed by atoms with Crippen LogP contribution in [-0.4, -0.2) is 25.2 Å². The summed E-state index contributed by atoms with van der Waals surface area (Å²) in [5.74, 6) is 0.136. The zero-order valence-electron chi connectivity index (χ0n) is 11.7. The highest BCUT2D eigenvalue weighted by molar-refractivity contribution is 5.88. The van der Waals surface area contributed by atoms with Gasteiger partial charge in [-0.1, -0.05) is 4.98 Å². The molecule has 0 spiro atoms. The van der Waals surface area contributed by atoms with Crippen molar-refractivity contribution in [1.29, 1.82) is 0 Å². The molecule has 21 heavy (non-hydrogen) atoms. The van der Waals surface area contributed by atoms with E-state index in [1.807, 2.05) is 60.7 Å². The van der Waals surface area contributed by atoms with Gasteiger partial charge in [0.2, 0.25) is 0 Å². The average Bonchev–Trinajstić information content (AvgIpc) is 3.07. The number of carboxylic acid groups (broad SMARTS) is 1. The van der Waals surface area contributed by atoms with E-state index in [0.29, 0.717) is 11.6 Å². The summed E-state index contributed by atoms with van der Waals surface area (Å²) in [4.78, 5) is 15.8. The summed E-state index contributed by atoms with van der Waals surface area (Å²) < 4.78 is 7.29. The second-order valence-electron chi connectivity index (χ2n) is 4.85. The van der Waals surface area contributed by atoms with Crippen molar-refractivity contribution in [3.05, 3.63) is 55.1 Å². The number of imidazole rings is 2. The number of aromatic nitrogens is 5. The highest BCUT2D eigenvalue weighted by Crippen LogP contribution is 2.07. The Morgan fingerprint density at radius 1 is 1.05 bits per heavy atom. The number of aryl methyl sites for hydroxylation is 2. The van der Waals surface area contributed by atoms with Gasteiger partial charge in [-0.15, -0.1) is 0 Å². The Morgan fingerprint density at radius 3 is 1.86 bits per heavy atom. The number of nitrogens with zero attached hydrogens (tertiary/aromatic N) is 5. The monoisotopic (exact) mass is 285 g/mol. The van der Waals surface area contributed by atoms with E-state index in [4.69, 9.17) is 0 Å². The third-order valence-electron chi connectivity index (χ3n) is 3.11. The molecule has 7 heteroatoms. The molecule has 0 unspecified atom stereocenters. The van der Waals surface area contributed by atoms with Crippen LogP contribution in [0.3, 0.4) is 0 Å². The summed E-state index contributed by atoms with van der Waals surface area (Å²) in [6.07, 6.45) is 11.0. The third kappa shape index (κ3) is 2.53. The number of hydrogen-bond acceptors (Lipinski definition) is 2. The van der Waals surface area contributed by atoms with Gasteiger partial charge >= 0.3 is 5.97 Å². The van der Waals surface area contributed by atoms with Crippen LogP contribution in [-0.2, 0) is 14.1 Å². The van der Waals surface area contributed by atoms with E-state index >= 15 is 0 Å². The predicted octanol–water partition coefficient (Wildman–Crippen LogP) is 0.0102. The molecule has 7 nitrogen and oxygen atoms in total. The molecule has 3 rings (SSSR count). The lowest BCUT2D eigenvalue weighted by Gasteiger charge is -2.00. The van der Waals surface area contributed by atoms with Gasteiger partial charge in [-0.25, -0.2) is 13.9 Å². The van der Waals surface area contributed by atoms with Crippen molar-refractivity contribution in [1.82, 2.24) is 14.1 Å². The van der Waals surface area contributed by atoms with E-state index in [1.54, 1.807) is 21.3 Å². The Hall–Kier alpha value is -2.96. The van der Waals surface area contributed by atoms with E-state index in [1.165, 1.54) is 0 Å². The standard InChI is InChI=1S/C14H14N5O2/c1-16-3-5-18(9-16)12-7-11(14(20)21)8-13(15-12)19-6-4-17(2)10-19/h3-10H,1-2H3/q+1/p+1. The van der Waals surface area contributed by atoms with Gasteiger partial charge in [0.15, 0.2) is 12.7 Å². The lowest BCUT2D eigenvalue weighted by atomic mass is 10.2. The zero-order chi connectivity index (χ0) is 15.0. The van der Waals surface area contributed by atoms with Crippen LogP contribution in [0.4, 0.5) is 0 Å². The minimum atomic E-state index is -0.979. The van der Waals surface area contributed by atoms with Gasteiger partial charge in [0.05, 0.1) is 32.1 Å². The van der Waals surface area contributed by atoms with Crippen LogP contribution in [0.25, 0.3) is 11.6 Å². The van der Waals surface area contributed by atoms with E-state index in [0.717, 1.165) is 0 Å². The number of carboxylic acids is 1. The summed E-state index contributed by atoms with van der Waals surface area (Å²) in [6.45, 7) is 0. The van der Waals surface area contributed by atoms with E-state index < -0.39 is 5.97 Å². The Bertz CT molecular complexity index is 760. The fourth-order valence-corrected chi connectivity index (χ4v) is 2.06. The minimum absolute atomic E-state index is 0.197. The highest BCUT2D eigenvalue weighted by Gasteiger charge is 2.18. The topological polar surface area (TPSA) is 67.8 Å². The Morgan fingerprint density at radius 2 is 1.52 bits per heavy atom. The lowest BCUT2D eigenvalue weighted by Crippen LogP contribution is -2.34. The molecule has 3 aromatic heterocycles. The van der Waals surface area contributed by atoms with Gasteiger partial charge in [-0.3, -0.25) is 9.13 Å². The van der Waals surface area contributed by atoms with Gasteiger partial charge in [-0.2, -0.15) is 0 Å². The second kappa shape index (κ2) is 4.86. The number of carbonyl (C=O) groups is 1. The first-order valence-corrected chi connectivity index (χ1v) is 6.35. The van der Waals surface area contributed by atoms with Crippen molar-refractivity contribution in [2.45, 2.75) is 0 Å². The quantitative estimate of drug-likeness (QED) is 0.689. The number of rotatable bonds is 3. The first-order valence-electron chi connectivity index (χ1n) is 6.35. The number of aromatic carboxylic acids is 1. The van der Waals surface area contributed by atoms with Crippen LogP contribution in [0.15, 0.2) is 49.6 Å². The molecular formula is C14H15N5O2+2. The molecular weight excluding hydrogens is 270 g/mol. The average molecular weight is 285 g/mol. The molecule has 0 bridgehead atoms. The van der Waals surface area contributed by atoms with Crippen molar-refractivity contribution >= 4 is 5.97 Å². The smallest absolute Gasteiger partial charge is 0.336 e. The van der Waals surface area contributed by atoms with Crippen LogP contribution in [0.1, 0.15) is 10.4 Å². The summed E-state index contributed by atoms with van der Waals surface area (Å²) in [6, 6.07) is 3.10. The van der Waals surface area contributed by atoms with Crippen LogP contribution in [0.2, 0.25) is 0 Å². The molecule has 0 radical (unpaired) electrons. The number of pyridine rings is 1. The first-order chi connectivity index (χ1) is 10.0. The van der Waals surface area contributed by atoms with Crippen molar-refractivity contribution in [2.75, 3.05) is 0 Å². The molecule has 106 valence electrons. The van der Waals surface area contributed by atoms with Gasteiger partial charge < -0.3 is 5.11 Å². The summed E-state index contributed by atoms with van der Waals surface area (Å²) >= 11 is 0. The van der Waals surface area contributed by atoms with Crippen LogP contribution < -0.4 is 9.13 Å². The Labute approximate surface area is 121 Å². The fraction of sp³-hybridized carbons (Fsp3) is 0.143. The maximum Gasteiger partial charge on any atom is 0.336 e. The maximum absolute atomic E-state index is 11.3. The molecule has 0 aliphatic heterocycles. The minimum Gasteiger partial charge on any atom is -0.478 e. The Kier molecular flexibility index (Phi) is 3.02. The Balaban J connectivity index is 2.16. The first kappa shape index (κ1) is 13.0. The predicted molar refractivity (Wildman–Crippen MR) is 72.2 cm³/mol. The number of hydrogen-bond donors (Lipinski definition) is 1. The molecule has 3 aromatic rings. The SMILES string of the molecule is Cn1cc[n+](-c2cc(C(=O)O)cc(-[n+]3ccn(C)c3)n2)c1. The molecule has 3 heterocycles. The van der Waals surface area contributed by atoms with Gasteiger partial charge in [0, 0.05) is 12.1 Å². The molecule has 0 aliphatic carbocycles. The third-order valence-corrected chi connectivity index (χ3v) is 3.11. The van der Waals surface area contributed by atoms with Gasteiger partial charge in [0.1, 0.15) is 12.4 Å². The molecule has 0 atom stereocenters. The summed E-state index contributed by atoms with van der Waals surface area (Å²) in [5, 5.41) is 9.28. The molecule has 0 aromatic carbocycles. The normalized spacial score (nSPS) is 10.8. The van der Waals surface area contributed by atoms with Crippen LogP contribution in [0.5, 0.6) is 0 Å². The highest BCUT2D eigenvalue weighted by atomic mass is 16.4. The fourth-order valence-electron chi connectivity index (χ4n) is 2.06. The van der Waals surface area contributed by atoms with Gasteiger partial charge in [-0.05, 0) is 0 Å². The zero-order valence-corrected chi connectivity index (χ0v) is 11.7. The molecule has 1 N–H and O–H groups in total. The van der Waals surface area contributed by atoms with Crippen molar-refractivity contribution in [2.24, 2.45) is 14.1 Å². The lowest BCUT2D eigenvalue weighted by molar-refractivity contribution is -0.611. The van der Waals surface area contributed by atoms with Crippen LogP contribution >= 0.6 is 0 Å². The van der Waals surface area contributed by atoms with Crippen molar-refractivity contribution < 1.29 is 19.0 Å². The van der Waals surface area contributed by atoms with Crippen molar-refractivity contribution in [3.8, 4) is 11.6 Å². The molecule has 0 saturated carbocycles. The van der Waals surface area contributed by atoms with E-state index in [9.17, 15) is 9.90 Å². The molecule has 0 amide bonds. The van der Waals surface area contributed by atoms with Crippen molar-refractivity contribution in [3.63, 3.8) is 0 Å². The molecule has 0 fully saturated rings. The van der Waals surface area contributed by atoms with E-state index in [-0.39, 0.29) is 5.56 Å². The summed E-state index contributed by atoms with van der Waals surface area (Å²) in [5.41, 5.74) is 0.197. The molecule has 0 aliphatic rings. The van der Waals surface area contributed by atoms with E-state index in [2.05, 4.69) is 4.98 Å². The second-order valence-corrected chi connectivity index (χ2v) is 4.85. The molecule has 0 saturated heterocycles. The van der Waals surface area contributed by atoms with Gasteiger partial charge in [0.25, 0.3) is 11.6 Å². The maximum atomic E-state index is 11.3. The van der Waals surface area contributed by atoms with Crippen LogP contribution in [0, 0.1) is 0 Å². The summed E-state index contributed by atoms with van der Waals surface area (Å²) in [7, 11) is 3.79. The largest absolute Gasteiger partial charge is 0.478 e.